The van der Waals surface area contributed by atoms with Crippen molar-refractivity contribution in [1.29, 1.82) is 0 Å². The fourth-order valence-corrected chi connectivity index (χ4v) is 2.31. The van der Waals surface area contributed by atoms with Crippen LogP contribution in [-0.2, 0) is 4.74 Å². The molecule has 0 aromatic carbocycles. The molecule has 2 N–H and O–H groups in total. The van der Waals surface area contributed by atoms with Gasteiger partial charge in [-0.25, -0.2) is 4.79 Å². The van der Waals surface area contributed by atoms with E-state index in [-0.39, 0.29) is 31.3 Å². The lowest BCUT2D eigenvalue weighted by atomic mass is 9.88. The molecule has 1 heterocycles. The zero-order valence-corrected chi connectivity index (χ0v) is 11.3. The number of hydrogen-bond donors (Lipinski definition) is 2. The lowest BCUT2D eigenvalue weighted by Crippen LogP contribution is -2.40. The molecule has 1 aliphatic rings. The van der Waals surface area contributed by atoms with Gasteiger partial charge < -0.3 is 19.8 Å². The van der Waals surface area contributed by atoms with Crippen molar-refractivity contribution in [3.8, 4) is 0 Å². The van der Waals surface area contributed by atoms with Gasteiger partial charge in [0.1, 0.15) is 0 Å². The van der Waals surface area contributed by atoms with Gasteiger partial charge in [-0.05, 0) is 39.0 Å². The monoisotopic (exact) mass is 259 g/mol. The van der Waals surface area contributed by atoms with Gasteiger partial charge in [0.05, 0.1) is 6.10 Å². The summed E-state index contributed by atoms with van der Waals surface area (Å²) in [6.07, 6.45) is 2.36. The van der Waals surface area contributed by atoms with Crippen LogP contribution in [0.25, 0.3) is 0 Å². The molecular weight excluding hydrogens is 234 g/mol. The molecule has 5 heteroatoms. The standard InChI is InChI=1S/C13H25NO4/c1-10(2)18-13(17)14-5-3-11(4-6-14)7-12(8-15)9-16/h10-12,15-16H,3-9H2,1-2H3. The first-order valence-electron chi connectivity index (χ1n) is 6.74. The normalized spacial score (nSPS) is 17.6. The fraction of sp³-hybridized carbons (Fsp3) is 0.923. The summed E-state index contributed by atoms with van der Waals surface area (Å²) in [4.78, 5) is 13.4. The van der Waals surface area contributed by atoms with E-state index in [9.17, 15) is 4.79 Å². The molecular formula is C13H25NO4. The highest BCUT2D eigenvalue weighted by atomic mass is 16.6. The third-order valence-electron chi connectivity index (χ3n) is 3.39. The minimum atomic E-state index is -0.232. The average Bonchev–Trinajstić information content (AvgIpc) is 2.35. The molecule has 1 aliphatic heterocycles. The second-order valence-corrected chi connectivity index (χ2v) is 5.33. The number of rotatable bonds is 5. The van der Waals surface area contributed by atoms with Crippen LogP contribution in [0, 0.1) is 11.8 Å². The summed E-state index contributed by atoms with van der Waals surface area (Å²) in [5.74, 6) is 0.460. The number of hydrogen-bond acceptors (Lipinski definition) is 4. The topological polar surface area (TPSA) is 70.0 Å². The van der Waals surface area contributed by atoms with Gasteiger partial charge in [-0.3, -0.25) is 0 Å². The van der Waals surface area contributed by atoms with Gasteiger partial charge in [0, 0.05) is 32.2 Å². The summed E-state index contributed by atoms with van der Waals surface area (Å²) in [5, 5.41) is 18.1. The van der Waals surface area contributed by atoms with E-state index in [0.29, 0.717) is 19.0 Å². The van der Waals surface area contributed by atoms with Gasteiger partial charge in [-0.15, -0.1) is 0 Å². The summed E-state index contributed by atoms with van der Waals surface area (Å²) >= 11 is 0. The molecule has 18 heavy (non-hydrogen) atoms. The van der Waals surface area contributed by atoms with Crippen molar-refractivity contribution in [1.82, 2.24) is 4.90 Å². The summed E-state index contributed by atoms with van der Waals surface area (Å²) < 4.78 is 5.16. The van der Waals surface area contributed by atoms with E-state index >= 15 is 0 Å². The molecule has 1 rings (SSSR count). The molecule has 1 fully saturated rings. The van der Waals surface area contributed by atoms with Crippen molar-refractivity contribution in [2.75, 3.05) is 26.3 Å². The van der Waals surface area contributed by atoms with Crippen LogP contribution >= 0.6 is 0 Å². The van der Waals surface area contributed by atoms with Crippen molar-refractivity contribution < 1.29 is 19.7 Å². The fourth-order valence-electron chi connectivity index (χ4n) is 2.31. The lowest BCUT2D eigenvalue weighted by Gasteiger charge is -2.32. The molecule has 0 atom stereocenters. The zero-order chi connectivity index (χ0) is 13.5. The number of amides is 1. The lowest BCUT2D eigenvalue weighted by molar-refractivity contribution is 0.0591. The Kier molecular flexibility index (Phi) is 6.43. The van der Waals surface area contributed by atoms with Crippen LogP contribution in [-0.4, -0.2) is 53.6 Å². The molecule has 0 aromatic rings. The Balaban J connectivity index is 2.30. The van der Waals surface area contributed by atoms with Gasteiger partial charge in [-0.2, -0.15) is 0 Å². The number of likely N-dealkylation sites (tertiary alicyclic amines) is 1. The Morgan fingerprint density at radius 1 is 1.28 bits per heavy atom. The third kappa shape index (κ3) is 4.82. The molecule has 1 amide bonds. The number of ether oxygens (including phenoxy) is 1. The summed E-state index contributed by atoms with van der Waals surface area (Å²) in [7, 11) is 0. The number of carbonyl (C=O) groups is 1. The van der Waals surface area contributed by atoms with Crippen LogP contribution < -0.4 is 0 Å². The molecule has 1 saturated heterocycles. The van der Waals surface area contributed by atoms with Crippen molar-refractivity contribution >= 4 is 6.09 Å². The zero-order valence-electron chi connectivity index (χ0n) is 11.3. The van der Waals surface area contributed by atoms with Crippen molar-refractivity contribution in [3.05, 3.63) is 0 Å². The molecule has 0 unspecified atom stereocenters. The summed E-state index contributed by atoms with van der Waals surface area (Å²) in [6, 6.07) is 0. The van der Waals surface area contributed by atoms with E-state index in [1.54, 1.807) is 4.90 Å². The average molecular weight is 259 g/mol. The van der Waals surface area contributed by atoms with Crippen LogP contribution in [0.5, 0.6) is 0 Å². The van der Waals surface area contributed by atoms with E-state index in [4.69, 9.17) is 14.9 Å². The van der Waals surface area contributed by atoms with Crippen LogP contribution in [0.3, 0.4) is 0 Å². The van der Waals surface area contributed by atoms with Crippen molar-refractivity contribution in [3.63, 3.8) is 0 Å². The van der Waals surface area contributed by atoms with Crippen LogP contribution in [0.4, 0.5) is 4.79 Å². The minimum absolute atomic E-state index is 0.0239. The van der Waals surface area contributed by atoms with E-state index in [2.05, 4.69) is 0 Å². The minimum Gasteiger partial charge on any atom is -0.447 e. The van der Waals surface area contributed by atoms with Gasteiger partial charge in [-0.1, -0.05) is 0 Å². The largest absolute Gasteiger partial charge is 0.447 e. The van der Waals surface area contributed by atoms with E-state index in [1.165, 1.54) is 0 Å². The van der Waals surface area contributed by atoms with Gasteiger partial charge in [0.25, 0.3) is 0 Å². The Morgan fingerprint density at radius 3 is 2.28 bits per heavy atom. The smallest absolute Gasteiger partial charge is 0.410 e. The molecule has 0 bridgehead atoms. The third-order valence-corrected chi connectivity index (χ3v) is 3.39. The van der Waals surface area contributed by atoms with Gasteiger partial charge in [0.2, 0.25) is 0 Å². The second-order valence-electron chi connectivity index (χ2n) is 5.33. The Labute approximate surface area is 109 Å². The number of piperidine rings is 1. The Morgan fingerprint density at radius 2 is 1.83 bits per heavy atom. The Hall–Kier alpha value is -0.810. The van der Waals surface area contributed by atoms with Crippen molar-refractivity contribution in [2.24, 2.45) is 11.8 Å². The number of aliphatic hydroxyl groups is 2. The SMILES string of the molecule is CC(C)OC(=O)N1CCC(CC(CO)CO)CC1. The molecule has 0 aliphatic carbocycles. The molecule has 0 aromatic heterocycles. The summed E-state index contributed by atoms with van der Waals surface area (Å²) in [5.41, 5.74) is 0. The molecule has 106 valence electrons. The van der Waals surface area contributed by atoms with E-state index in [1.807, 2.05) is 13.8 Å². The highest BCUT2D eigenvalue weighted by Gasteiger charge is 2.25. The first kappa shape index (κ1) is 15.2. The number of nitrogens with zero attached hydrogens (tertiary/aromatic N) is 1. The van der Waals surface area contributed by atoms with Crippen LogP contribution in [0.1, 0.15) is 33.1 Å². The van der Waals surface area contributed by atoms with Crippen molar-refractivity contribution in [2.45, 2.75) is 39.2 Å². The molecule has 5 nitrogen and oxygen atoms in total. The highest BCUT2D eigenvalue weighted by Crippen LogP contribution is 2.24. The predicted molar refractivity (Wildman–Crippen MR) is 68.2 cm³/mol. The van der Waals surface area contributed by atoms with E-state index in [0.717, 1.165) is 19.3 Å². The second kappa shape index (κ2) is 7.59. The maximum Gasteiger partial charge on any atom is 0.410 e. The molecule has 0 saturated carbocycles. The predicted octanol–water partition coefficient (Wildman–Crippen LogP) is 1.23. The van der Waals surface area contributed by atoms with E-state index < -0.39 is 0 Å². The molecule has 0 spiro atoms. The number of carbonyl (C=O) groups excluding carboxylic acids is 1. The first-order valence-corrected chi connectivity index (χ1v) is 6.74. The summed E-state index contributed by atoms with van der Waals surface area (Å²) in [6.45, 7) is 5.17. The maximum atomic E-state index is 11.7. The van der Waals surface area contributed by atoms with Crippen LogP contribution in [0.2, 0.25) is 0 Å². The van der Waals surface area contributed by atoms with Crippen LogP contribution in [0.15, 0.2) is 0 Å². The quantitative estimate of drug-likeness (QED) is 0.779. The maximum absolute atomic E-state index is 11.7. The highest BCUT2D eigenvalue weighted by molar-refractivity contribution is 5.67. The van der Waals surface area contributed by atoms with Gasteiger partial charge >= 0.3 is 6.09 Å². The Bertz CT molecular complexity index is 245. The van der Waals surface area contributed by atoms with Gasteiger partial charge in [0.15, 0.2) is 0 Å². The number of aliphatic hydroxyl groups excluding tert-OH is 2. The molecule has 0 radical (unpaired) electrons. The first-order chi connectivity index (χ1) is 8.56.